The van der Waals surface area contributed by atoms with Gasteiger partial charge in [-0.25, -0.2) is 0 Å². The Morgan fingerprint density at radius 2 is 1.88 bits per heavy atom. The number of piperazine rings is 1. The first-order valence-corrected chi connectivity index (χ1v) is 10.7. The van der Waals surface area contributed by atoms with Crippen molar-refractivity contribution in [1.82, 2.24) is 25.1 Å². The van der Waals surface area contributed by atoms with Gasteiger partial charge in [0.25, 0.3) is 5.69 Å². The minimum absolute atomic E-state index is 0.0563. The summed E-state index contributed by atoms with van der Waals surface area (Å²) in [6.07, 6.45) is 0.528. The number of hydrogen-bond acceptors (Lipinski definition) is 7. The van der Waals surface area contributed by atoms with Gasteiger partial charge >= 0.3 is 0 Å². The highest BCUT2D eigenvalue weighted by Gasteiger charge is 2.30. The number of aromatic nitrogens is 4. The molecule has 2 aromatic carbocycles. The minimum Gasteiger partial charge on any atom is -0.368 e. The quantitative estimate of drug-likeness (QED) is 0.414. The number of carbonyl (C=O) groups is 1. The van der Waals surface area contributed by atoms with Gasteiger partial charge in [0.1, 0.15) is 0 Å². The fourth-order valence-corrected chi connectivity index (χ4v) is 3.83. The second-order valence-electron chi connectivity index (χ2n) is 7.45. The van der Waals surface area contributed by atoms with Gasteiger partial charge in [-0.2, -0.15) is 4.80 Å². The number of nitro benzene ring substituents is 1. The summed E-state index contributed by atoms with van der Waals surface area (Å²) in [4.78, 5) is 29.0. The summed E-state index contributed by atoms with van der Waals surface area (Å²) in [6, 6.07) is 13.1. The van der Waals surface area contributed by atoms with E-state index in [1.54, 1.807) is 41.3 Å². The Morgan fingerprint density at radius 3 is 2.53 bits per heavy atom. The van der Waals surface area contributed by atoms with E-state index in [4.69, 9.17) is 11.6 Å². The van der Waals surface area contributed by atoms with Crippen molar-refractivity contribution in [2.24, 2.45) is 0 Å². The minimum atomic E-state index is -0.548. The molecule has 32 heavy (non-hydrogen) atoms. The van der Waals surface area contributed by atoms with E-state index in [9.17, 15) is 14.9 Å². The van der Waals surface area contributed by atoms with E-state index in [1.165, 1.54) is 10.9 Å². The maximum atomic E-state index is 13.2. The van der Waals surface area contributed by atoms with Crippen molar-refractivity contribution in [2.45, 2.75) is 19.4 Å². The first-order valence-electron chi connectivity index (χ1n) is 10.3. The summed E-state index contributed by atoms with van der Waals surface area (Å²) in [5.74, 6) is 0.370. The number of non-ortho nitro benzene ring substituents is 1. The van der Waals surface area contributed by atoms with Gasteiger partial charge in [0, 0.05) is 54.6 Å². The zero-order valence-electron chi connectivity index (χ0n) is 17.5. The van der Waals surface area contributed by atoms with E-state index < -0.39 is 11.0 Å². The first-order chi connectivity index (χ1) is 15.5. The molecule has 166 valence electrons. The average Bonchev–Trinajstić information content (AvgIpc) is 3.30. The molecule has 1 aliphatic heterocycles. The number of nitrogens with zero attached hydrogens (tertiary/aromatic N) is 7. The molecule has 1 aromatic heterocycles. The molecule has 0 N–H and O–H groups in total. The molecule has 0 spiro atoms. The number of carbonyl (C=O) groups excluding carboxylic acids is 1. The molecule has 1 fully saturated rings. The van der Waals surface area contributed by atoms with Crippen molar-refractivity contribution in [1.29, 1.82) is 0 Å². The lowest BCUT2D eigenvalue weighted by Gasteiger charge is -2.37. The van der Waals surface area contributed by atoms with Crippen LogP contribution < -0.4 is 4.90 Å². The highest BCUT2D eigenvalue weighted by atomic mass is 35.5. The van der Waals surface area contributed by atoms with Crippen molar-refractivity contribution in [3.8, 4) is 11.4 Å². The SMILES string of the molecule is CCC(C(=O)N1CCN(c2cccc([N+](=O)[O-])c2)CC1)n1nnc(-c2ccc(Cl)cc2)n1. The Labute approximate surface area is 189 Å². The second kappa shape index (κ2) is 9.31. The summed E-state index contributed by atoms with van der Waals surface area (Å²) in [5, 5.41) is 24.3. The molecule has 1 amide bonds. The number of anilines is 1. The molecule has 2 heterocycles. The summed E-state index contributed by atoms with van der Waals surface area (Å²) in [7, 11) is 0. The van der Waals surface area contributed by atoms with Crippen LogP contribution in [-0.2, 0) is 4.79 Å². The van der Waals surface area contributed by atoms with Crippen LogP contribution in [0.1, 0.15) is 19.4 Å². The van der Waals surface area contributed by atoms with Crippen molar-refractivity contribution < 1.29 is 9.72 Å². The van der Waals surface area contributed by atoms with Crippen LogP contribution in [0.5, 0.6) is 0 Å². The van der Waals surface area contributed by atoms with E-state index in [-0.39, 0.29) is 11.6 Å². The summed E-state index contributed by atoms with van der Waals surface area (Å²) >= 11 is 5.93. The Hall–Kier alpha value is -3.53. The Morgan fingerprint density at radius 1 is 1.16 bits per heavy atom. The third kappa shape index (κ3) is 4.54. The summed E-state index contributed by atoms with van der Waals surface area (Å²) in [6.45, 7) is 4.11. The maximum Gasteiger partial charge on any atom is 0.271 e. The van der Waals surface area contributed by atoms with Crippen LogP contribution in [-0.4, -0.2) is 62.1 Å². The van der Waals surface area contributed by atoms with Crippen molar-refractivity contribution in [3.05, 3.63) is 63.7 Å². The van der Waals surface area contributed by atoms with Gasteiger partial charge in [-0.3, -0.25) is 14.9 Å². The van der Waals surface area contributed by atoms with Crippen LogP contribution in [0.15, 0.2) is 48.5 Å². The fourth-order valence-electron chi connectivity index (χ4n) is 3.71. The van der Waals surface area contributed by atoms with Crippen LogP contribution in [0.2, 0.25) is 5.02 Å². The highest BCUT2D eigenvalue weighted by Crippen LogP contribution is 2.24. The van der Waals surface area contributed by atoms with Crippen LogP contribution in [0.4, 0.5) is 11.4 Å². The molecule has 10 nitrogen and oxygen atoms in total. The number of amides is 1. The van der Waals surface area contributed by atoms with E-state index in [1.807, 2.05) is 17.9 Å². The molecule has 1 unspecified atom stereocenters. The third-order valence-corrected chi connectivity index (χ3v) is 5.73. The maximum absolute atomic E-state index is 13.2. The normalized spacial score (nSPS) is 14.9. The monoisotopic (exact) mass is 455 g/mol. The zero-order valence-corrected chi connectivity index (χ0v) is 18.2. The Bertz CT molecular complexity index is 1110. The molecule has 1 aliphatic rings. The number of benzene rings is 2. The summed E-state index contributed by atoms with van der Waals surface area (Å²) < 4.78 is 0. The lowest BCUT2D eigenvalue weighted by molar-refractivity contribution is -0.384. The van der Waals surface area contributed by atoms with Crippen molar-refractivity contribution in [3.63, 3.8) is 0 Å². The molecule has 0 saturated carbocycles. The predicted octanol–water partition coefficient (Wildman–Crippen LogP) is 3.20. The number of halogens is 1. The predicted molar refractivity (Wildman–Crippen MR) is 119 cm³/mol. The van der Waals surface area contributed by atoms with E-state index in [0.717, 1.165) is 11.3 Å². The largest absolute Gasteiger partial charge is 0.368 e. The summed E-state index contributed by atoms with van der Waals surface area (Å²) in [5.41, 5.74) is 1.61. The molecule has 4 rings (SSSR count). The Kier molecular flexibility index (Phi) is 6.31. The van der Waals surface area contributed by atoms with Gasteiger partial charge in [0.15, 0.2) is 6.04 Å². The molecule has 0 bridgehead atoms. The van der Waals surface area contributed by atoms with Gasteiger partial charge in [-0.15, -0.1) is 10.2 Å². The van der Waals surface area contributed by atoms with Crippen LogP contribution in [0.25, 0.3) is 11.4 Å². The molecule has 0 radical (unpaired) electrons. The lowest BCUT2D eigenvalue weighted by Crippen LogP contribution is -2.50. The fraction of sp³-hybridized carbons (Fsp3) is 0.333. The molecule has 1 saturated heterocycles. The molecule has 0 aliphatic carbocycles. The lowest BCUT2D eigenvalue weighted by atomic mass is 10.1. The average molecular weight is 456 g/mol. The smallest absolute Gasteiger partial charge is 0.271 e. The second-order valence-corrected chi connectivity index (χ2v) is 7.89. The van der Waals surface area contributed by atoms with Crippen LogP contribution in [0, 0.1) is 10.1 Å². The van der Waals surface area contributed by atoms with Crippen molar-refractivity contribution >= 4 is 28.9 Å². The number of tetrazole rings is 1. The van der Waals surface area contributed by atoms with Crippen LogP contribution in [0.3, 0.4) is 0 Å². The van der Waals surface area contributed by atoms with E-state index >= 15 is 0 Å². The standard InChI is InChI=1S/C21H22ClN7O3/c1-2-19(28-24-20(23-25-28)15-6-8-16(22)9-7-15)21(30)27-12-10-26(11-13-27)17-4-3-5-18(14-17)29(31)32/h3-9,14,19H,2,10-13H2,1H3. The molecule has 11 heteroatoms. The number of hydrogen-bond donors (Lipinski definition) is 0. The Balaban J connectivity index is 1.42. The van der Waals surface area contributed by atoms with E-state index in [2.05, 4.69) is 15.4 Å². The van der Waals surface area contributed by atoms with Crippen LogP contribution >= 0.6 is 11.6 Å². The molecule has 1 atom stereocenters. The first kappa shape index (κ1) is 21.7. The topological polar surface area (TPSA) is 110 Å². The van der Waals surface area contributed by atoms with Gasteiger partial charge in [-0.05, 0) is 42.0 Å². The number of rotatable bonds is 6. The molecule has 3 aromatic rings. The van der Waals surface area contributed by atoms with Gasteiger partial charge in [0.05, 0.1) is 4.92 Å². The highest BCUT2D eigenvalue weighted by molar-refractivity contribution is 6.30. The van der Waals surface area contributed by atoms with E-state index in [0.29, 0.717) is 43.4 Å². The van der Waals surface area contributed by atoms with Crippen molar-refractivity contribution in [2.75, 3.05) is 31.1 Å². The van der Waals surface area contributed by atoms with Gasteiger partial charge < -0.3 is 9.80 Å². The van der Waals surface area contributed by atoms with Gasteiger partial charge in [0.2, 0.25) is 11.7 Å². The third-order valence-electron chi connectivity index (χ3n) is 5.48. The molecular weight excluding hydrogens is 434 g/mol. The van der Waals surface area contributed by atoms with Gasteiger partial charge in [-0.1, -0.05) is 24.6 Å². The number of nitro groups is 1. The zero-order chi connectivity index (χ0) is 22.7. The molecular formula is C21H22ClN7O3.